The normalized spacial score (nSPS) is 17.2. The predicted octanol–water partition coefficient (Wildman–Crippen LogP) is 3.15. The standard InChI is InChI=1S/C18H29N3O2S.HI/c1-2-19-18(20-10-13-22-15-16-7-6-12-23-16)21-11-14-24-17-8-4-3-5-9-17;/h3-5,8-9,16H,2,6-7,10-15H2,1H3,(H2,19,20,21);1H. The quantitative estimate of drug-likeness (QED) is 0.178. The van der Waals surface area contributed by atoms with Crippen LogP contribution in [0.4, 0.5) is 0 Å². The molecule has 7 heteroatoms. The van der Waals surface area contributed by atoms with Crippen molar-refractivity contribution >= 4 is 41.7 Å². The first-order valence-corrected chi connectivity index (χ1v) is 9.76. The molecule has 1 aromatic rings. The second-order valence-corrected chi connectivity index (χ2v) is 6.73. The van der Waals surface area contributed by atoms with Crippen molar-refractivity contribution in [1.29, 1.82) is 0 Å². The summed E-state index contributed by atoms with van der Waals surface area (Å²) in [6.07, 6.45) is 2.56. The lowest BCUT2D eigenvalue weighted by Gasteiger charge is -2.12. The van der Waals surface area contributed by atoms with Crippen LogP contribution in [0.25, 0.3) is 0 Å². The molecule has 0 saturated carbocycles. The first-order chi connectivity index (χ1) is 11.9. The van der Waals surface area contributed by atoms with E-state index in [0.717, 1.165) is 44.3 Å². The Morgan fingerprint density at radius 2 is 2.16 bits per heavy atom. The van der Waals surface area contributed by atoms with Crippen LogP contribution in [-0.2, 0) is 9.47 Å². The van der Waals surface area contributed by atoms with Crippen LogP contribution < -0.4 is 10.6 Å². The van der Waals surface area contributed by atoms with Gasteiger partial charge in [0.15, 0.2) is 5.96 Å². The van der Waals surface area contributed by atoms with E-state index >= 15 is 0 Å². The number of benzene rings is 1. The molecule has 1 aromatic carbocycles. The molecule has 0 aromatic heterocycles. The van der Waals surface area contributed by atoms with Gasteiger partial charge in [-0.2, -0.15) is 0 Å². The number of guanidine groups is 1. The highest BCUT2D eigenvalue weighted by molar-refractivity contribution is 14.0. The smallest absolute Gasteiger partial charge is 0.191 e. The molecule has 5 nitrogen and oxygen atoms in total. The van der Waals surface area contributed by atoms with Crippen molar-refractivity contribution in [1.82, 2.24) is 10.6 Å². The number of rotatable bonds is 10. The molecule has 1 aliphatic rings. The zero-order chi connectivity index (χ0) is 16.9. The van der Waals surface area contributed by atoms with E-state index in [1.807, 2.05) is 17.8 Å². The lowest BCUT2D eigenvalue weighted by atomic mass is 10.2. The lowest BCUT2D eigenvalue weighted by Crippen LogP contribution is -2.38. The molecule has 1 unspecified atom stereocenters. The van der Waals surface area contributed by atoms with Crippen LogP contribution in [0.2, 0.25) is 0 Å². The molecule has 142 valence electrons. The number of hydrogen-bond acceptors (Lipinski definition) is 4. The van der Waals surface area contributed by atoms with E-state index in [1.165, 1.54) is 4.90 Å². The fraction of sp³-hybridized carbons (Fsp3) is 0.611. The number of ether oxygens (including phenoxy) is 2. The molecule has 0 spiro atoms. The van der Waals surface area contributed by atoms with Crippen LogP contribution in [0.3, 0.4) is 0 Å². The number of hydrogen-bond donors (Lipinski definition) is 2. The first kappa shape index (κ1) is 22.5. The molecule has 2 rings (SSSR count). The lowest BCUT2D eigenvalue weighted by molar-refractivity contribution is 0.0200. The van der Waals surface area contributed by atoms with Crippen molar-refractivity contribution in [2.75, 3.05) is 45.2 Å². The zero-order valence-corrected chi connectivity index (χ0v) is 18.1. The highest BCUT2D eigenvalue weighted by atomic mass is 127. The van der Waals surface area contributed by atoms with E-state index in [4.69, 9.17) is 9.47 Å². The van der Waals surface area contributed by atoms with E-state index in [-0.39, 0.29) is 30.1 Å². The van der Waals surface area contributed by atoms with Gasteiger partial charge in [-0.15, -0.1) is 35.7 Å². The summed E-state index contributed by atoms with van der Waals surface area (Å²) in [4.78, 5) is 5.84. The van der Waals surface area contributed by atoms with Gasteiger partial charge in [0.2, 0.25) is 0 Å². The maximum atomic E-state index is 5.64. The molecule has 0 bridgehead atoms. The van der Waals surface area contributed by atoms with E-state index < -0.39 is 0 Å². The van der Waals surface area contributed by atoms with E-state index in [9.17, 15) is 0 Å². The maximum absolute atomic E-state index is 5.64. The Morgan fingerprint density at radius 1 is 1.32 bits per heavy atom. The van der Waals surface area contributed by atoms with E-state index in [1.54, 1.807) is 0 Å². The van der Waals surface area contributed by atoms with Crippen molar-refractivity contribution in [3.05, 3.63) is 30.3 Å². The van der Waals surface area contributed by atoms with Crippen LogP contribution in [0.15, 0.2) is 40.2 Å². The predicted molar refractivity (Wildman–Crippen MR) is 116 cm³/mol. The summed E-state index contributed by atoms with van der Waals surface area (Å²) in [6, 6.07) is 10.4. The van der Waals surface area contributed by atoms with E-state index in [0.29, 0.717) is 19.8 Å². The summed E-state index contributed by atoms with van der Waals surface area (Å²) < 4.78 is 11.2. The van der Waals surface area contributed by atoms with Crippen LogP contribution in [0.1, 0.15) is 19.8 Å². The minimum atomic E-state index is 0. The highest BCUT2D eigenvalue weighted by Crippen LogP contribution is 2.15. The van der Waals surface area contributed by atoms with Crippen molar-refractivity contribution < 1.29 is 9.47 Å². The van der Waals surface area contributed by atoms with Gasteiger partial charge in [0.1, 0.15) is 0 Å². The molecule has 0 aliphatic carbocycles. The molecule has 1 fully saturated rings. The zero-order valence-electron chi connectivity index (χ0n) is 14.9. The number of nitrogens with one attached hydrogen (secondary N) is 2. The van der Waals surface area contributed by atoms with Crippen LogP contribution >= 0.6 is 35.7 Å². The molecule has 25 heavy (non-hydrogen) atoms. The summed E-state index contributed by atoms with van der Waals surface area (Å²) >= 11 is 1.84. The Hall–Kier alpha value is -0.510. The monoisotopic (exact) mass is 479 g/mol. The molecule has 0 amide bonds. The van der Waals surface area contributed by atoms with Crippen molar-refractivity contribution in [3.63, 3.8) is 0 Å². The summed E-state index contributed by atoms with van der Waals surface area (Å²) in [6.45, 7) is 6.67. The summed E-state index contributed by atoms with van der Waals surface area (Å²) in [5.41, 5.74) is 0. The van der Waals surface area contributed by atoms with Crippen molar-refractivity contribution in [2.45, 2.75) is 30.8 Å². The minimum Gasteiger partial charge on any atom is -0.377 e. The highest BCUT2D eigenvalue weighted by Gasteiger charge is 2.14. The fourth-order valence-corrected chi connectivity index (χ4v) is 3.20. The van der Waals surface area contributed by atoms with Crippen LogP contribution in [0, 0.1) is 0 Å². The van der Waals surface area contributed by atoms with Gasteiger partial charge in [-0.05, 0) is 31.9 Å². The van der Waals surface area contributed by atoms with Crippen molar-refractivity contribution in [3.8, 4) is 0 Å². The SMILES string of the molecule is CCNC(=NCCOCC1CCCO1)NCCSc1ccccc1.I. The average molecular weight is 479 g/mol. The average Bonchev–Trinajstić information content (AvgIpc) is 3.12. The molecule has 1 saturated heterocycles. The Labute approximate surface area is 172 Å². The number of nitrogens with zero attached hydrogens (tertiary/aromatic N) is 1. The molecular formula is C18H30IN3O2S. The fourth-order valence-electron chi connectivity index (χ4n) is 2.41. The van der Waals surface area contributed by atoms with Gasteiger partial charge in [-0.1, -0.05) is 18.2 Å². The third-order valence-corrected chi connectivity index (χ3v) is 4.60. The molecule has 1 aliphatic heterocycles. The number of aliphatic imine (C=N–C) groups is 1. The van der Waals surface area contributed by atoms with Gasteiger partial charge in [0, 0.05) is 30.3 Å². The van der Waals surface area contributed by atoms with Crippen LogP contribution in [-0.4, -0.2) is 57.3 Å². The van der Waals surface area contributed by atoms with Gasteiger partial charge in [0.05, 0.1) is 25.9 Å². The number of halogens is 1. The maximum Gasteiger partial charge on any atom is 0.191 e. The Kier molecular flexibility index (Phi) is 13.2. The second-order valence-electron chi connectivity index (χ2n) is 5.56. The second kappa shape index (κ2) is 14.6. The summed E-state index contributed by atoms with van der Waals surface area (Å²) in [5.74, 6) is 1.86. The summed E-state index contributed by atoms with van der Waals surface area (Å²) in [7, 11) is 0. The largest absolute Gasteiger partial charge is 0.377 e. The van der Waals surface area contributed by atoms with Gasteiger partial charge in [-0.3, -0.25) is 4.99 Å². The van der Waals surface area contributed by atoms with Gasteiger partial charge in [0.25, 0.3) is 0 Å². The number of thioether (sulfide) groups is 1. The third kappa shape index (κ3) is 10.3. The molecular weight excluding hydrogens is 449 g/mol. The van der Waals surface area contributed by atoms with Crippen molar-refractivity contribution in [2.24, 2.45) is 4.99 Å². The van der Waals surface area contributed by atoms with E-state index in [2.05, 4.69) is 46.8 Å². The topological polar surface area (TPSA) is 54.9 Å². The third-order valence-electron chi connectivity index (χ3n) is 3.58. The van der Waals surface area contributed by atoms with Gasteiger partial charge < -0.3 is 20.1 Å². The molecule has 2 N–H and O–H groups in total. The Morgan fingerprint density at radius 3 is 2.88 bits per heavy atom. The Balaban J connectivity index is 0.00000312. The van der Waals surface area contributed by atoms with Gasteiger partial charge >= 0.3 is 0 Å². The Bertz CT molecular complexity index is 471. The molecule has 0 radical (unpaired) electrons. The van der Waals surface area contributed by atoms with Gasteiger partial charge in [-0.25, -0.2) is 0 Å². The summed E-state index contributed by atoms with van der Waals surface area (Å²) in [5, 5.41) is 6.62. The minimum absolute atomic E-state index is 0. The van der Waals surface area contributed by atoms with Crippen LogP contribution in [0.5, 0.6) is 0 Å². The first-order valence-electron chi connectivity index (χ1n) is 8.78. The molecule has 1 atom stereocenters. The molecule has 1 heterocycles.